The fraction of sp³-hybridized carbons (Fsp3) is 0.150. The van der Waals surface area contributed by atoms with Crippen molar-refractivity contribution in [1.82, 2.24) is 16.3 Å². The summed E-state index contributed by atoms with van der Waals surface area (Å²) in [6.07, 6.45) is -2.10. The fourth-order valence-electron chi connectivity index (χ4n) is 5.21. The van der Waals surface area contributed by atoms with Gasteiger partial charge in [-0.3, -0.25) is 30.7 Å². The number of thiophene rings is 2. The summed E-state index contributed by atoms with van der Waals surface area (Å²) in [6, 6.07) is 18.1. The molecule has 3 amide bonds. The summed E-state index contributed by atoms with van der Waals surface area (Å²) in [6.45, 7) is 17.2. The first kappa shape index (κ1) is 44.7. The Kier molecular flexibility index (Phi) is 15.9. The Bertz CT molecular complexity index is 2510. The predicted molar refractivity (Wildman–Crippen MR) is 222 cm³/mol. The molecule has 0 aliphatic rings. The molecule has 0 fully saturated rings. The summed E-state index contributed by atoms with van der Waals surface area (Å²) in [4.78, 5) is 53.3. The zero-order valence-corrected chi connectivity index (χ0v) is 32.7. The first-order valence-corrected chi connectivity index (χ1v) is 18.9. The van der Waals surface area contributed by atoms with Gasteiger partial charge in [-0.15, -0.1) is 0 Å². The molecule has 4 aromatic carbocycles. The summed E-state index contributed by atoms with van der Waals surface area (Å²) < 4.78 is 26.8. The number of benzene rings is 4. The number of rotatable bonds is 10. The third-order valence-electron chi connectivity index (χ3n) is 8.21. The molecule has 0 radical (unpaired) electrons. The standard InChI is InChI=1S/C20H17FN4O3S.C13H12N2O3S.C7H7FN2O/c1-11(26)17(20(28)25-24-19(27)12-3-5-13(21)6-4-12)23-15-7-8-16(22-2)18-14(15)9-10-29-18;1-7(16)11(13(17)18)15-9-3-4-10(14-2)12-8(9)5-6-19-12;8-6-3-1-5(2-4-6)7(11)10-9/h3-11,17,23,26H,1H3,(H,24,27)(H,25,28);3-7,11,15-16H,1H3,(H,17,18);1-4H,9H2,(H,10,11)/t11-,17+;7-,11?;/m00./s1. The van der Waals surface area contributed by atoms with Crippen LogP contribution in [0.1, 0.15) is 34.6 Å². The van der Waals surface area contributed by atoms with Gasteiger partial charge in [0.15, 0.2) is 6.04 Å². The summed E-state index contributed by atoms with van der Waals surface area (Å²) >= 11 is 2.84. The third-order valence-corrected chi connectivity index (χ3v) is 10.1. The Hall–Kier alpha value is -7.00. The average molecular weight is 843 g/mol. The van der Waals surface area contributed by atoms with E-state index in [0.29, 0.717) is 28.3 Å². The average Bonchev–Trinajstić information content (AvgIpc) is 3.93. The number of carboxylic acid groups (broad SMARTS) is 1. The van der Waals surface area contributed by atoms with Crippen molar-refractivity contribution in [3.05, 3.63) is 141 Å². The minimum Gasteiger partial charge on any atom is -0.480 e. The lowest BCUT2D eigenvalue weighted by Crippen LogP contribution is -2.52. The molecule has 0 saturated carbocycles. The highest BCUT2D eigenvalue weighted by Crippen LogP contribution is 2.37. The zero-order chi connectivity index (χ0) is 43.2. The summed E-state index contributed by atoms with van der Waals surface area (Å²) in [7, 11) is 0. The topological polar surface area (TPSA) is 224 Å². The maximum atomic E-state index is 12.9. The summed E-state index contributed by atoms with van der Waals surface area (Å²) in [5.41, 5.74) is 9.19. The number of hydrogen-bond acceptors (Lipinski definition) is 11. The molecule has 304 valence electrons. The molecule has 0 aliphatic carbocycles. The van der Waals surface area contributed by atoms with Crippen molar-refractivity contribution >= 4 is 89.3 Å². The van der Waals surface area contributed by atoms with Crippen LogP contribution in [0, 0.1) is 24.8 Å². The molecule has 19 heteroatoms. The number of amides is 3. The molecule has 59 heavy (non-hydrogen) atoms. The van der Waals surface area contributed by atoms with Crippen molar-refractivity contribution in [1.29, 1.82) is 0 Å². The van der Waals surface area contributed by atoms with E-state index >= 15 is 0 Å². The number of nitrogens with two attached hydrogens (primary N) is 1. The summed E-state index contributed by atoms with van der Waals surface area (Å²) in [5.74, 6) is 1.17. The number of carbonyl (C=O) groups is 4. The van der Waals surface area contributed by atoms with Crippen LogP contribution in [0.25, 0.3) is 29.9 Å². The normalized spacial score (nSPS) is 12.4. The van der Waals surface area contributed by atoms with Crippen LogP contribution >= 0.6 is 22.7 Å². The van der Waals surface area contributed by atoms with Gasteiger partial charge >= 0.3 is 5.97 Å². The lowest BCUT2D eigenvalue weighted by Gasteiger charge is -2.22. The number of nitrogen functional groups attached to an aromatic ring is 1. The molecular formula is C40H36F2N8O7S2. The first-order chi connectivity index (χ1) is 28.2. The molecule has 10 N–H and O–H groups in total. The number of fused-ring (bicyclic) bond motifs is 2. The Balaban J connectivity index is 0.000000219. The van der Waals surface area contributed by atoms with Gasteiger partial charge in [-0.1, -0.05) is 12.1 Å². The highest BCUT2D eigenvalue weighted by molar-refractivity contribution is 7.18. The molecule has 6 rings (SSSR count). The molecule has 15 nitrogen and oxygen atoms in total. The van der Waals surface area contributed by atoms with Gasteiger partial charge < -0.3 is 26.0 Å². The molecule has 0 bridgehead atoms. The third kappa shape index (κ3) is 11.8. The maximum Gasteiger partial charge on any atom is 0.328 e. The Morgan fingerprint density at radius 2 is 1.07 bits per heavy atom. The van der Waals surface area contributed by atoms with Gasteiger partial charge in [-0.05, 0) is 97.4 Å². The van der Waals surface area contributed by atoms with E-state index in [-0.39, 0.29) is 11.4 Å². The van der Waals surface area contributed by atoms with Crippen LogP contribution in [0.5, 0.6) is 0 Å². The quantitative estimate of drug-likeness (QED) is 0.0322. The second kappa shape index (κ2) is 21.0. The lowest BCUT2D eigenvalue weighted by molar-refractivity contribution is -0.140. The second-order valence-corrected chi connectivity index (χ2v) is 14.1. The van der Waals surface area contributed by atoms with Crippen LogP contribution in [0.4, 0.5) is 31.5 Å². The number of aliphatic carboxylic acids is 1. The van der Waals surface area contributed by atoms with E-state index in [1.165, 1.54) is 72.9 Å². The Labute approximate surface area is 343 Å². The smallest absolute Gasteiger partial charge is 0.328 e. The van der Waals surface area contributed by atoms with Gasteiger partial charge in [0.25, 0.3) is 17.7 Å². The maximum absolute atomic E-state index is 12.9. The predicted octanol–water partition coefficient (Wildman–Crippen LogP) is 6.34. The van der Waals surface area contributed by atoms with Crippen LogP contribution in [0.2, 0.25) is 0 Å². The Morgan fingerprint density at radius 1 is 0.644 bits per heavy atom. The minimum absolute atomic E-state index is 0.169. The number of aliphatic hydroxyl groups is 2. The number of carbonyl (C=O) groups excluding carboxylic acids is 3. The highest BCUT2D eigenvalue weighted by atomic mass is 32.1. The van der Waals surface area contributed by atoms with Gasteiger partial charge in [0.1, 0.15) is 17.7 Å². The van der Waals surface area contributed by atoms with Crippen molar-refractivity contribution in [3.8, 4) is 0 Å². The van der Waals surface area contributed by atoms with Gasteiger partial charge in [0, 0.05) is 42.7 Å². The van der Waals surface area contributed by atoms with Crippen molar-refractivity contribution in [2.75, 3.05) is 10.6 Å². The largest absolute Gasteiger partial charge is 0.480 e. The molecule has 2 aromatic heterocycles. The second-order valence-electron chi connectivity index (χ2n) is 12.3. The van der Waals surface area contributed by atoms with E-state index in [1.807, 2.05) is 28.3 Å². The van der Waals surface area contributed by atoms with E-state index in [0.717, 1.165) is 32.3 Å². The van der Waals surface area contributed by atoms with Gasteiger partial charge in [-0.25, -0.2) is 29.1 Å². The van der Waals surface area contributed by atoms with E-state index in [2.05, 4.69) is 31.2 Å². The number of nitrogens with one attached hydrogen (secondary N) is 5. The van der Waals surface area contributed by atoms with E-state index < -0.39 is 53.8 Å². The van der Waals surface area contributed by atoms with E-state index in [9.17, 15) is 38.2 Å². The number of hydrogen-bond donors (Lipinski definition) is 9. The van der Waals surface area contributed by atoms with Crippen molar-refractivity contribution in [2.45, 2.75) is 38.1 Å². The van der Waals surface area contributed by atoms with Crippen LogP contribution in [0.3, 0.4) is 0 Å². The number of hydrazine groups is 2. The number of anilines is 2. The van der Waals surface area contributed by atoms with Gasteiger partial charge in [-0.2, -0.15) is 22.7 Å². The monoisotopic (exact) mass is 842 g/mol. The zero-order valence-electron chi connectivity index (χ0n) is 31.1. The fourth-order valence-corrected chi connectivity index (χ4v) is 6.97. The minimum atomic E-state index is -1.12. The molecule has 0 aliphatic heterocycles. The number of carboxylic acids is 1. The molecular weight excluding hydrogens is 807 g/mol. The van der Waals surface area contributed by atoms with Crippen LogP contribution < -0.4 is 32.8 Å². The number of aliphatic hydroxyl groups excluding tert-OH is 2. The van der Waals surface area contributed by atoms with Crippen LogP contribution in [-0.2, 0) is 9.59 Å². The van der Waals surface area contributed by atoms with Gasteiger partial charge in [0.05, 0.1) is 25.4 Å². The molecule has 6 aromatic rings. The number of halogens is 2. The van der Waals surface area contributed by atoms with E-state index in [4.69, 9.17) is 24.1 Å². The SMILES string of the molecule is NNC(=O)c1ccc(F)cc1.[C-]#[N+]c1ccc(NC(C(=O)O)[C@H](C)O)c2ccsc12.[C-]#[N+]c1ccc(N[C@@H](C(=O)NNC(=O)c2ccc(F)cc2)[C@H](C)O)c2ccsc12. The van der Waals surface area contributed by atoms with Crippen molar-refractivity contribution in [2.24, 2.45) is 5.84 Å². The molecule has 4 atom stereocenters. The lowest BCUT2D eigenvalue weighted by atomic mass is 10.1. The molecule has 2 heterocycles. The van der Waals surface area contributed by atoms with E-state index in [1.54, 1.807) is 24.3 Å². The van der Waals surface area contributed by atoms with Crippen molar-refractivity contribution in [3.63, 3.8) is 0 Å². The number of nitrogens with zero attached hydrogens (tertiary/aromatic N) is 2. The van der Waals surface area contributed by atoms with Gasteiger partial charge in [0.2, 0.25) is 11.4 Å². The summed E-state index contributed by atoms with van der Waals surface area (Å²) in [5, 5.41) is 39.6. The molecule has 0 saturated heterocycles. The van der Waals surface area contributed by atoms with Crippen LogP contribution in [-0.4, -0.2) is 63.3 Å². The molecule has 1 unspecified atom stereocenters. The van der Waals surface area contributed by atoms with Crippen molar-refractivity contribution < 1.29 is 43.3 Å². The Morgan fingerprint density at radius 3 is 1.46 bits per heavy atom. The first-order valence-electron chi connectivity index (χ1n) is 17.2. The molecule has 0 spiro atoms. The van der Waals surface area contributed by atoms with Crippen LogP contribution in [0.15, 0.2) is 95.7 Å². The highest BCUT2D eigenvalue weighted by Gasteiger charge is 2.26.